The third kappa shape index (κ3) is 5.86. The van der Waals surface area contributed by atoms with Crippen LogP contribution in [0.15, 0.2) is 27.8 Å². The van der Waals surface area contributed by atoms with E-state index in [1.165, 1.54) is 32.1 Å². The van der Waals surface area contributed by atoms with Crippen molar-refractivity contribution in [1.29, 1.82) is 0 Å². The number of carbonyl (C=O) groups is 1. The molecular weight excluding hydrogens is 455 g/mol. The second kappa shape index (κ2) is 10.9. The Labute approximate surface area is 179 Å². The topological polar surface area (TPSA) is 61.1 Å². The van der Waals surface area contributed by atoms with Crippen LogP contribution in [-0.4, -0.2) is 61.4 Å². The fraction of sp³-hybridized carbons (Fsp3) is 0.700. The van der Waals surface area contributed by atoms with E-state index < -0.39 is 0 Å². The van der Waals surface area contributed by atoms with E-state index in [1.54, 1.807) is 18.4 Å². The molecule has 1 N–H and O–H groups in total. The van der Waals surface area contributed by atoms with Gasteiger partial charge in [0.15, 0.2) is 11.7 Å². The maximum atomic E-state index is 12.4. The van der Waals surface area contributed by atoms with Gasteiger partial charge in [-0.3, -0.25) is 9.79 Å². The van der Waals surface area contributed by atoms with Crippen molar-refractivity contribution in [2.24, 2.45) is 16.8 Å². The minimum atomic E-state index is -0.0229. The van der Waals surface area contributed by atoms with Crippen LogP contribution < -0.4 is 5.32 Å². The zero-order chi connectivity index (χ0) is 18.4. The number of hydrogen-bond donors (Lipinski definition) is 1. The van der Waals surface area contributed by atoms with Crippen LogP contribution in [0.5, 0.6) is 0 Å². The van der Waals surface area contributed by atoms with Gasteiger partial charge in [-0.25, -0.2) is 0 Å². The van der Waals surface area contributed by atoms with Crippen LogP contribution in [0.3, 0.4) is 0 Å². The van der Waals surface area contributed by atoms with Gasteiger partial charge < -0.3 is 19.5 Å². The Morgan fingerprint density at radius 3 is 2.33 bits per heavy atom. The molecule has 1 aromatic heterocycles. The van der Waals surface area contributed by atoms with Gasteiger partial charge in [0, 0.05) is 39.8 Å². The highest BCUT2D eigenvalue weighted by molar-refractivity contribution is 14.0. The van der Waals surface area contributed by atoms with Crippen LogP contribution in [0, 0.1) is 11.8 Å². The number of hydrogen-bond acceptors (Lipinski definition) is 3. The van der Waals surface area contributed by atoms with Gasteiger partial charge in [0.2, 0.25) is 0 Å². The monoisotopic (exact) mass is 488 g/mol. The lowest BCUT2D eigenvalue weighted by atomic mass is 9.81. The first-order valence-electron chi connectivity index (χ1n) is 9.99. The van der Waals surface area contributed by atoms with Crippen LogP contribution in [0.2, 0.25) is 0 Å². The average Bonchev–Trinajstić information content (AvgIpc) is 3.24. The second-order valence-electron chi connectivity index (χ2n) is 7.48. The Kier molecular flexibility index (Phi) is 8.92. The molecule has 1 amide bonds. The first-order valence-corrected chi connectivity index (χ1v) is 9.99. The molecule has 1 aliphatic carbocycles. The predicted octanol–water partition coefficient (Wildman–Crippen LogP) is 3.45. The molecule has 1 saturated carbocycles. The molecule has 0 unspecified atom stereocenters. The lowest BCUT2D eigenvalue weighted by Gasteiger charge is -2.37. The molecule has 0 spiro atoms. The van der Waals surface area contributed by atoms with Crippen molar-refractivity contribution >= 4 is 35.8 Å². The first-order chi connectivity index (χ1) is 12.7. The average molecular weight is 488 g/mol. The van der Waals surface area contributed by atoms with Crippen molar-refractivity contribution in [2.75, 3.05) is 39.8 Å². The Morgan fingerprint density at radius 1 is 1.15 bits per heavy atom. The number of aliphatic imine (C=N–C) groups is 1. The number of nitrogens with zero attached hydrogens (tertiary/aromatic N) is 3. The number of rotatable bonds is 4. The third-order valence-electron chi connectivity index (χ3n) is 5.90. The number of guanidine groups is 1. The van der Waals surface area contributed by atoms with E-state index in [1.807, 2.05) is 11.9 Å². The van der Waals surface area contributed by atoms with E-state index in [2.05, 4.69) is 22.1 Å². The number of nitrogens with one attached hydrogen (secondary N) is 1. The molecule has 27 heavy (non-hydrogen) atoms. The van der Waals surface area contributed by atoms with E-state index in [0.29, 0.717) is 18.8 Å². The van der Waals surface area contributed by atoms with Crippen molar-refractivity contribution in [3.8, 4) is 0 Å². The molecule has 0 bridgehead atoms. The standard InChI is InChI=1S/C20H32N4O2.HI/c1-3-16-6-8-17(9-7-16)15-22-20(21-2)24-12-10-23(11-13-24)19(25)18-5-4-14-26-18;/h4-5,14,16-17H,3,6-13,15H2,1-2H3,(H,21,22);1H. The Bertz CT molecular complexity index is 589. The maximum absolute atomic E-state index is 12.4. The number of carbonyl (C=O) groups excluding carboxylic acids is 1. The highest BCUT2D eigenvalue weighted by Gasteiger charge is 2.26. The maximum Gasteiger partial charge on any atom is 0.289 e. The molecule has 1 aromatic rings. The van der Waals surface area contributed by atoms with E-state index in [9.17, 15) is 4.79 Å². The number of piperazine rings is 1. The summed E-state index contributed by atoms with van der Waals surface area (Å²) in [4.78, 5) is 20.9. The molecule has 2 fully saturated rings. The quantitative estimate of drug-likeness (QED) is 0.401. The molecular formula is C20H33IN4O2. The first kappa shape index (κ1) is 22.0. The Balaban J connectivity index is 0.00000261. The molecule has 0 radical (unpaired) electrons. The van der Waals surface area contributed by atoms with Gasteiger partial charge in [0.25, 0.3) is 5.91 Å². The molecule has 6 nitrogen and oxygen atoms in total. The van der Waals surface area contributed by atoms with Crippen molar-refractivity contribution in [1.82, 2.24) is 15.1 Å². The van der Waals surface area contributed by atoms with Gasteiger partial charge >= 0.3 is 0 Å². The summed E-state index contributed by atoms with van der Waals surface area (Å²) >= 11 is 0. The van der Waals surface area contributed by atoms with Crippen molar-refractivity contribution in [3.63, 3.8) is 0 Å². The minimum absolute atomic E-state index is 0. The molecule has 3 rings (SSSR count). The predicted molar refractivity (Wildman–Crippen MR) is 119 cm³/mol. The lowest BCUT2D eigenvalue weighted by Crippen LogP contribution is -2.54. The number of amides is 1. The normalized spacial score (nSPS) is 23.7. The molecule has 0 aromatic carbocycles. The Morgan fingerprint density at radius 2 is 1.78 bits per heavy atom. The molecule has 1 aliphatic heterocycles. The highest BCUT2D eigenvalue weighted by atomic mass is 127. The van der Waals surface area contributed by atoms with Gasteiger partial charge in [-0.05, 0) is 36.8 Å². The van der Waals surface area contributed by atoms with E-state index in [4.69, 9.17) is 4.42 Å². The van der Waals surface area contributed by atoms with Gasteiger partial charge in [-0.2, -0.15) is 0 Å². The van der Waals surface area contributed by atoms with Gasteiger partial charge in [0.1, 0.15) is 0 Å². The molecule has 1 saturated heterocycles. The highest BCUT2D eigenvalue weighted by Crippen LogP contribution is 2.30. The molecule has 152 valence electrons. The fourth-order valence-electron chi connectivity index (χ4n) is 4.09. The number of furan rings is 1. The minimum Gasteiger partial charge on any atom is -0.459 e. The summed E-state index contributed by atoms with van der Waals surface area (Å²) in [5, 5.41) is 3.57. The van der Waals surface area contributed by atoms with E-state index in [-0.39, 0.29) is 29.9 Å². The zero-order valence-corrected chi connectivity index (χ0v) is 18.9. The molecule has 0 atom stereocenters. The summed E-state index contributed by atoms with van der Waals surface area (Å²) in [6.45, 7) is 6.31. The summed E-state index contributed by atoms with van der Waals surface area (Å²) in [6, 6.07) is 3.48. The summed E-state index contributed by atoms with van der Waals surface area (Å²) in [5.74, 6) is 3.06. The largest absolute Gasteiger partial charge is 0.459 e. The van der Waals surface area contributed by atoms with Crippen LogP contribution in [-0.2, 0) is 0 Å². The summed E-state index contributed by atoms with van der Waals surface area (Å²) in [6.07, 6.45) is 8.26. The van der Waals surface area contributed by atoms with Gasteiger partial charge in [-0.1, -0.05) is 26.2 Å². The van der Waals surface area contributed by atoms with E-state index in [0.717, 1.165) is 37.4 Å². The van der Waals surface area contributed by atoms with Crippen LogP contribution in [0.4, 0.5) is 0 Å². The lowest BCUT2D eigenvalue weighted by molar-refractivity contribution is 0.0657. The second-order valence-corrected chi connectivity index (χ2v) is 7.48. The zero-order valence-electron chi connectivity index (χ0n) is 16.5. The van der Waals surface area contributed by atoms with E-state index >= 15 is 0 Å². The summed E-state index contributed by atoms with van der Waals surface area (Å²) in [5.41, 5.74) is 0. The van der Waals surface area contributed by atoms with Crippen LogP contribution >= 0.6 is 24.0 Å². The van der Waals surface area contributed by atoms with Gasteiger partial charge in [0.05, 0.1) is 6.26 Å². The van der Waals surface area contributed by atoms with Crippen molar-refractivity contribution < 1.29 is 9.21 Å². The summed E-state index contributed by atoms with van der Waals surface area (Å²) < 4.78 is 5.22. The van der Waals surface area contributed by atoms with Crippen molar-refractivity contribution in [3.05, 3.63) is 24.2 Å². The Hall–Kier alpha value is -1.25. The SMILES string of the molecule is CCC1CCC(CNC(=NC)N2CCN(C(=O)c3ccco3)CC2)CC1.I. The van der Waals surface area contributed by atoms with Crippen LogP contribution in [0.25, 0.3) is 0 Å². The van der Waals surface area contributed by atoms with Gasteiger partial charge in [-0.15, -0.1) is 24.0 Å². The smallest absolute Gasteiger partial charge is 0.289 e. The molecule has 2 aliphatic rings. The molecule has 2 heterocycles. The molecule has 7 heteroatoms. The number of halogens is 1. The fourth-order valence-corrected chi connectivity index (χ4v) is 4.09. The van der Waals surface area contributed by atoms with Crippen molar-refractivity contribution in [2.45, 2.75) is 39.0 Å². The van der Waals surface area contributed by atoms with Crippen LogP contribution in [0.1, 0.15) is 49.6 Å². The summed E-state index contributed by atoms with van der Waals surface area (Å²) in [7, 11) is 1.84. The third-order valence-corrected chi connectivity index (χ3v) is 5.90.